The SMILES string of the molecule is Br.CC(=NO)C(C)=NO.[B]C(C)CC. The smallest absolute Gasteiger partial charge is 0.101 e. The van der Waals surface area contributed by atoms with Gasteiger partial charge in [0.1, 0.15) is 11.4 Å². The van der Waals surface area contributed by atoms with Crippen LogP contribution >= 0.6 is 17.0 Å². The largest absolute Gasteiger partial charge is 0.411 e. The highest BCUT2D eigenvalue weighted by Gasteiger charge is 1.93. The van der Waals surface area contributed by atoms with E-state index in [9.17, 15) is 0 Å². The lowest BCUT2D eigenvalue weighted by Gasteiger charge is -1.90. The lowest BCUT2D eigenvalue weighted by molar-refractivity contribution is 0.313. The summed E-state index contributed by atoms with van der Waals surface area (Å²) >= 11 is 0. The Morgan fingerprint density at radius 3 is 1.50 bits per heavy atom. The summed E-state index contributed by atoms with van der Waals surface area (Å²) in [5, 5.41) is 21.6. The van der Waals surface area contributed by atoms with Crippen LogP contribution in [0.25, 0.3) is 0 Å². The second-order valence-corrected chi connectivity index (χ2v) is 2.76. The van der Waals surface area contributed by atoms with Crippen molar-refractivity contribution in [1.29, 1.82) is 0 Å². The van der Waals surface area contributed by atoms with E-state index in [1.807, 2.05) is 6.92 Å². The van der Waals surface area contributed by atoms with Gasteiger partial charge in [0, 0.05) is 0 Å². The molecular formula is C8H18BBrN2O2. The Hall–Kier alpha value is -0.515. The third-order valence-corrected chi connectivity index (χ3v) is 1.47. The lowest BCUT2D eigenvalue weighted by atomic mass is 9.88. The van der Waals surface area contributed by atoms with E-state index in [1.54, 1.807) is 0 Å². The molecule has 0 aliphatic carbocycles. The Kier molecular flexibility index (Phi) is 17.1. The standard InChI is InChI=1S/C4H9B.C4H8N2O2.BrH/c1-3-4(2)5;1-3(5-7)4(2)6-8;/h4H,3H2,1-2H3;7-8H,1-2H3;1H. The molecule has 14 heavy (non-hydrogen) atoms. The predicted octanol–water partition coefficient (Wildman–Crippen LogP) is 2.64. The number of nitrogens with zero attached hydrogens (tertiary/aromatic N) is 2. The molecule has 2 N–H and O–H groups in total. The number of hydrogen-bond donors (Lipinski definition) is 2. The molecule has 0 aromatic rings. The number of hydrogen-bond acceptors (Lipinski definition) is 4. The average Bonchev–Trinajstić information content (AvgIpc) is 2.16. The van der Waals surface area contributed by atoms with E-state index in [2.05, 4.69) is 17.2 Å². The van der Waals surface area contributed by atoms with E-state index in [0.29, 0.717) is 17.2 Å². The van der Waals surface area contributed by atoms with Crippen molar-refractivity contribution >= 4 is 36.3 Å². The Morgan fingerprint density at radius 2 is 1.43 bits per heavy atom. The van der Waals surface area contributed by atoms with Gasteiger partial charge in [0.2, 0.25) is 0 Å². The third kappa shape index (κ3) is 14.0. The number of rotatable bonds is 2. The summed E-state index contributed by atoms with van der Waals surface area (Å²) in [6.45, 7) is 7.15. The first kappa shape index (κ1) is 19.1. The molecule has 1 unspecified atom stereocenters. The van der Waals surface area contributed by atoms with Gasteiger partial charge in [0.05, 0.1) is 7.85 Å². The zero-order valence-electron chi connectivity index (χ0n) is 9.06. The Bertz CT molecular complexity index is 168. The van der Waals surface area contributed by atoms with Gasteiger partial charge >= 0.3 is 0 Å². The van der Waals surface area contributed by atoms with E-state index in [-0.39, 0.29) is 17.0 Å². The monoisotopic (exact) mass is 264 g/mol. The minimum Gasteiger partial charge on any atom is -0.411 e. The second kappa shape index (κ2) is 12.5. The topological polar surface area (TPSA) is 65.2 Å². The summed E-state index contributed by atoms with van der Waals surface area (Å²) in [4.78, 5) is 0. The van der Waals surface area contributed by atoms with Gasteiger partial charge in [-0.05, 0) is 13.8 Å². The van der Waals surface area contributed by atoms with Crippen molar-refractivity contribution in [3.05, 3.63) is 0 Å². The first-order valence-electron chi connectivity index (χ1n) is 4.12. The van der Waals surface area contributed by atoms with Crippen LogP contribution in [0, 0.1) is 0 Å². The average molecular weight is 265 g/mol. The molecule has 0 aromatic carbocycles. The molecule has 0 heterocycles. The van der Waals surface area contributed by atoms with Crippen LogP contribution in [0.15, 0.2) is 10.3 Å². The van der Waals surface area contributed by atoms with Crippen molar-refractivity contribution in [2.45, 2.75) is 39.9 Å². The molecule has 4 nitrogen and oxygen atoms in total. The number of oxime groups is 2. The van der Waals surface area contributed by atoms with Crippen molar-refractivity contribution in [2.75, 3.05) is 0 Å². The fourth-order valence-corrected chi connectivity index (χ4v) is 0.145. The molecule has 1 atom stereocenters. The Labute approximate surface area is 97.3 Å². The van der Waals surface area contributed by atoms with E-state index >= 15 is 0 Å². The van der Waals surface area contributed by atoms with Crippen LogP contribution in [0.2, 0.25) is 5.82 Å². The van der Waals surface area contributed by atoms with Crippen LogP contribution in [0.3, 0.4) is 0 Å². The highest BCUT2D eigenvalue weighted by Crippen LogP contribution is 1.97. The normalized spacial score (nSPS) is 13.4. The van der Waals surface area contributed by atoms with Crippen molar-refractivity contribution < 1.29 is 10.4 Å². The maximum Gasteiger partial charge on any atom is 0.101 e. The van der Waals surface area contributed by atoms with E-state index < -0.39 is 0 Å². The summed E-state index contributed by atoms with van der Waals surface area (Å²) < 4.78 is 0. The zero-order chi connectivity index (χ0) is 10.9. The first-order valence-corrected chi connectivity index (χ1v) is 4.12. The number of halogens is 1. The summed E-state index contributed by atoms with van der Waals surface area (Å²) in [5.74, 6) is 0.384. The summed E-state index contributed by atoms with van der Waals surface area (Å²) in [6, 6.07) is 0. The van der Waals surface area contributed by atoms with Crippen LogP contribution in [-0.2, 0) is 0 Å². The quantitative estimate of drug-likeness (QED) is 0.349. The molecule has 0 amide bonds. The molecular weight excluding hydrogens is 247 g/mol. The zero-order valence-corrected chi connectivity index (χ0v) is 10.8. The van der Waals surface area contributed by atoms with Crippen molar-refractivity contribution in [1.82, 2.24) is 0 Å². The molecule has 2 radical (unpaired) electrons. The van der Waals surface area contributed by atoms with Gasteiger partial charge in [-0.1, -0.05) is 36.4 Å². The highest BCUT2D eigenvalue weighted by atomic mass is 79.9. The molecule has 82 valence electrons. The van der Waals surface area contributed by atoms with Gasteiger partial charge in [0.15, 0.2) is 0 Å². The van der Waals surface area contributed by atoms with Crippen molar-refractivity contribution in [2.24, 2.45) is 10.3 Å². The van der Waals surface area contributed by atoms with Crippen LogP contribution in [0.1, 0.15) is 34.1 Å². The van der Waals surface area contributed by atoms with Gasteiger partial charge in [0.25, 0.3) is 0 Å². The third-order valence-electron chi connectivity index (χ3n) is 1.47. The van der Waals surface area contributed by atoms with Gasteiger partial charge in [-0.2, -0.15) is 0 Å². The molecule has 0 saturated heterocycles. The van der Waals surface area contributed by atoms with Crippen LogP contribution in [-0.4, -0.2) is 29.7 Å². The molecule has 0 spiro atoms. The lowest BCUT2D eigenvalue weighted by Crippen LogP contribution is -2.04. The molecule has 0 aromatic heterocycles. The van der Waals surface area contributed by atoms with E-state index in [0.717, 1.165) is 6.42 Å². The van der Waals surface area contributed by atoms with Gasteiger partial charge in [-0.3, -0.25) is 0 Å². The maximum atomic E-state index is 8.03. The summed E-state index contributed by atoms with van der Waals surface area (Å²) in [5.41, 5.74) is 0.625. The van der Waals surface area contributed by atoms with E-state index in [1.165, 1.54) is 13.8 Å². The molecule has 0 saturated carbocycles. The Balaban J connectivity index is -0.000000177. The van der Waals surface area contributed by atoms with Crippen molar-refractivity contribution in [3.63, 3.8) is 0 Å². The predicted molar refractivity (Wildman–Crippen MR) is 65.6 cm³/mol. The fourth-order valence-electron chi connectivity index (χ4n) is 0.145. The van der Waals surface area contributed by atoms with Crippen molar-refractivity contribution in [3.8, 4) is 0 Å². The van der Waals surface area contributed by atoms with Crippen LogP contribution in [0.4, 0.5) is 0 Å². The van der Waals surface area contributed by atoms with E-state index in [4.69, 9.17) is 18.3 Å². The van der Waals surface area contributed by atoms with Gasteiger partial charge < -0.3 is 10.4 Å². The summed E-state index contributed by atoms with van der Waals surface area (Å²) in [6.07, 6.45) is 1.08. The molecule has 6 heteroatoms. The Morgan fingerprint density at radius 1 is 1.21 bits per heavy atom. The highest BCUT2D eigenvalue weighted by molar-refractivity contribution is 8.93. The molecule has 0 aliphatic rings. The first-order chi connectivity index (χ1) is 5.99. The minimum atomic E-state index is 0. The molecule has 0 fully saturated rings. The summed E-state index contributed by atoms with van der Waals surface area (Å²) in [7, 11) is 5.29. The minimum absolute atomic E-state index is 0. The van der Waals surface area contributed by atoms with Gasteiger partial charge in [-0.25, -0.2) is 0 Å². The van der Waals surface area contributed by atoms with Crippen LogP contribution in [0.5, 0.6) is 0 Å². The molecule has 0 rings (SSSR count). The molecule has 0 bridgehead atoms. The molecule has 0 aliphatic heterocycles. The fraction of sp³-hybridized carbons (Fsp3) is 0.750. The maximum absolute atomic E-state index is 8.03. The second-order valence-electron chi connectivity index (χ2n) is 2.76. The van der Waals surface area contributed by atoms with Crippen LogP contribution < -0.4 is 0 Å². The van der Waals surface area contributed by atoms with Gasteiger partial charge in [-0.15, -0.1) is 17.0 Å².